The normalized spacial score (nSPS) is 10.5. The second kappa shape index (κ2) is 9.09. The highest BCUT2D eigenvalue weighted by Gasteiger charge is 2.13. The number of non-ortho nitro benzene ring substituents is 1. The highest BCUT2D eigenvalue weighted by molar-refractivity contribution is 5.91. The van der Waals surface area contributed by atoms with Crippen molar-refractivity contribution >= 4 is 17.3 Å². The maximum Gasteiger partial charge on any atom is 0.269 e. The summed E-state index contributed by atoms with van der Waals surface area (Å²) in [6.45, 7) is 1.82. The first-order valence-electron chi connectivity index (χ1n) is 9.66. The summed E-state index contributed by atoms with van der Waals surface area (Å²) in [5.41, 5.74) is 2.98. The molecule has 4 rings (SSSR count). The summed E-state index contributed by atoms with van der Waals surface area (Å²) in [6.07, 6.45) is 0. The Bertz CT molecular complexity index is 1250. The van der Waals surface area contributed by atoms with E-state index in [-0.39, 0.29) is 24.1 Å². The lowest BCUT2D eigenvalue weighted by Crippen LogP contribution is -2.20. The number of nitrogens with zero attached hydrogens (tertiary/aromatic N) is 3. The van der Waals surface area contributed by atoms with Crippen LogP contribution >= 0.6 is 0 Å². The number of aryl methyl sites for hydroxylation is 1. The average molecular weight is 430 g/mol. The molecular formula is C23H18N4O5. The molecule has 160 valence electrons. The van der Waals surface area contributed by atoms with Crippen molar-refractivity contribution in [2.24, 2.45) is 0 Å². The van der Waals surface area contributed by atoms with E-state index < -0.39 is 4.92 Å². The van der Waals surface area contributed by atoms with Gasteiger partial charge in [-0.25, -0.2) is 0 Å². The van der Waals surface area contributed by atoms with Gasteiger partial charge in [-0.2, -0.15) is 4.98 Å². The molecule has 9 heteroatoms. The summed E-state index contributed by atoms with van der Waals surface area (Å²) in [5, 5.41) is 17.5. The quantitative estimate of drug-likeness (QED) is 0.335. The molecule has 0 radical (unpaired) electrons. The third kappa shape index (κ3) is 4.96. The Morgan fingerprint density at radius 2 is 1.81 bits per heavy atom. The average Bonchev–Trinajstić information content (AvgIpc) is 3.30. The molecule has 0 bridgehead atoms. The number of aromatic nitrogens is 2. The third-order valence-corrected chi connectivity index (χ3v) is 4.55. The van der Waals surface area contributed by atoms with E-state index in [2.05, 4.69) is 15.5 Å². The van der Waals surface area contributed by atoms with Crippen LogP contribution in [-0.4, -0.2) is 27.6 Å². The van der Waals surface area contributed by atoms with Crippen LogP contribution < -0.4 is 10.1 Å². The molecule has 1 heterocycles. The van der Waals surface area contributed by atoms with E-state index in [9.17, 15) is 14.9 Å². The van der Waals surface area contributed by atoms with Gasteiger partial charge in [-0.1, -0.05) is 35.0 Å². The Labute approximate surface area is 182 Å². The number of anilines is 1. The summed E-state index contributed by atoms with van der Waals surface area (Å²) >= 11 is 0. The van der Waals surface area contributed by atoms with Gasteiger partial charge >= 0.3 is 0 Å². The van der Waals surface area contributed by atoms with Gasteiger partial charge in [0.05, 0.1) is 4.92 Å². The number of carbonyl (C=O) groups excluding carboxylic acids is 1. The maximum absolute atomic E-state index is 12.1. The van der Waals surface area contributed by atoms with Crippen LogP contribution in [0.4, 0.5) is 11.4 Å². The Morgan fingerprint density at radius 1 is 1.06 bits per heavy atom. The minimum atomic E-state index is -0.477. The van der Waals surface area contributed by atoms with Gasteiger partial charge in [0, 0.05) is 28.9 Å². The van der Waals surface area contributed by atoms with E-state index in [0.29, 0.717) is 28.4 Å². The monoisotopic (exact) mass is 430 g/mol. The topological polar surface area (TPSA) is 120 Å². The molecule has 3 aromatic carbocycles. The Morgan fingerprint density at radius 3 is 2.53 bits per heavy atom. The minimum absolute atomic E-state index is 0.0234. The Balaban J connectivity index is 1.41. The Hall–Kier alpha value is -4.53. The van der Waals surface area contributed by atoms with Crippen molar-refractivity contribution in [3.63, 3.8) is 0 Å². The summed E-state index contributed by atoms with van der Waals surface area (Å²) in [7, 11) is 0. The zero-order valence-electron chi connectivity index (χ0n) is 17.0. The molecule has 0 saturated heterocycles. The van der Waals surface area contributed by atoms with Crippen LogP contribution in [0.2, 0.25) is 0 Å². The van der Waals surface area contributed by atoms with Crippen molar-refractivity contribution in [2.45, 2.75) is 6.92 Å². The summed E-state index contributed by atoms with van der Waals surface area (Å²) < 4.78 is 10.9. The fraction of sp³-hybridized carbons (Fsp3) is 0.0870. The van der Waals surface area contributed by atoms with Crippen molar-refractivity contribution < 1.29 is 19.0 Å². The standard InChI is InChI=1S/C23H18N4O5/c1-15-5-9-18(10-6-15)24-21(28)14-31-20-4-2-3-17(13-20)22-25-23(32-26-22)16-7-11-19(12-8-16)27(29)30/h2-13H,14H2,1H3,(H,24,28). The van der Waals surface area contributed by atoms with Crippen molar-refractivity contribution in [1.82, 2.24) is 10.1 Å². The number of nitrogens with one attached hydrogen (secondary N) is 1. The molecule has 0 saturated carbocycles. The fourth-order valence-corrected chi connectivity index (χ4v) is 2.89. The number of nitro benzene ring substituents is 1. The van der Waals surface area contributed by atoms with E-state index in [1.165, 1.54) is 12.1 Å². The zero-order chi connectivity index (χ0) is 22.5. The zero-order valence-corrected chi connectivity index (χ0v) is 17.0. The number of rotatable bonds is 7. The molecule has 1 aromatic heterocycles. The van der Waals surface area contributed by atoms with Crippen molar-refractivity contribution in [1.29, 1.82) is 0 Å². The van der Waals surface area contributed by atoms with E-state index in [1.807, 2.05) is 31.2 Å². The minimum Gasteiger partial charge on any atom is -0.484 e. The highest BCUT2D eigenvalue weighted by atomic mass is 16.6. The highest BCUT2D eigenvalue weighted by Crippen LogP contribution is 2.26. The summed E-state index contributed by atoms with van der Waals surface area (Å²) in [4.78, 5) is 26.8. The number of nitro groups is 1. The van der Waals surface area contributed by atoms with Crippen molar-refractivity contribution in [3.05, 3.63) is 88.5 Å². The molecule has 9 nitrogen and oxygen atoms in total. The van der Waals surface area contributed by atoms with Crippen LogP contribution in [0.25, 0.3) is 22.8 Å². The molecule has 4 aromatic rings. The van der Waals surface area contributed by atoms with Gasteiger partial charge in [-0.15, -0.1) is 0 Å². The third-order valence-electron chi connectivity index (χ3n) is 4.55. The molecule has 0 aliphatic rings. The van der Waals surface area contributed by atoms with E-state index in [1.54, 1.807) is 36.4 Å². The first-order valence-corrected chi connectivity index (χ1v) is 9.66. The first-order chi connectivity index (χ1) is 15.5. The van der Waals surface area contributed by atoms with Crippen LogP contribution in [0.3, 0.4) is 0 Å². The van der Waals surface area contributed by atoms with Crippen LogP contribution in [0, 0.1) is 17.0 Å². The lowest BCUT2D eigenvalue weighted by molar-refractivity contribution is -0.384. The SMILES string of the molecule is Cc1ccc(NC(=O)COc2cccc(-c3noc(-c4ccc([N+](=O)[O-])cc4)n3)c2)cc1. The predicted molar refractivity (Wildman–Crippen MR) is 117 cm³/mol. The molecule has 32 heavy (non-hydrogen) atoms. The summed E-state index contributed by atoms with van der Waals surface area (Å²) in [6, 6.07) is 20.3. The van der Waals surface area contributed by atoms with Crippen molar-refractivity contribution in [3.8, 4) is 28.6 Å². The van der Waals surface area contributed by atoms with Gasteiger partial charge < -0.3 is 14.6 Å². The van der Waals surface area contributed by atoms with Gasteiger partial charge in [0.1, 0.15) is 5.75 Å². The molecule has 1 N–H and O–H groups in total. The number of ether oxygens (including phenoxy) is 1. The van der Waals surface area contributed by atoms with Crippen LogP contribution in [0.1, 0.15) is 5.56 Å². The molecule has 0 fully saturated rings. The maximum atomic E-state index is 12.1. The van der Waals surface area contributed by atoms with Crippen LogP contribution in [-0.2, 0) is 4.79 Å². The van der Waals surface area contributed by atoms with Gasteiger partial charge in [0.2, 0.25) is 5.82 Å². The Kier molecular flexibility index (Phi) is 5.89. The number of benzene rings is 3. The van der Waals surface area contributed by atoms with E-state index in [0.717, 1.165) is 5.56 Å². The number of carbonyl (C=O) groups is 1. The molecule has 0 aliphatic heterocycles. The molecule has 0 unspecified atom stereocenters. The molecule has 0 aliphatic carbocycles. The second-order valence-electron chi connectivity index (χ2n) is 6.96. The molecule has 1 amide bonds. The summed E-state index contributed by atoms with van der Waals surface area (Å²) in [5.74, 6) is 0.758. The van der Waals surface area contributed by atoms with Gasteiger partial charge in [0.25, 0.3) is 17.5 Å². The predicted octanol–water partition coefficient (Wildman–Crippen LogP) is 4.64. The van der Waals surface area contributed by atoms with Gasteiger partial charge in [-0.05, 0) is 43.3 Å². The lowest BCUT2D eigenvalue weighted by Gasteiger charge is -2.08. The van der Waals surface area contributed by atoms with E-state index in [4.69, 9.17) is 9.26 Å². The van der Waals surface area contributed by atoms with Gasteiger partial charge in [-0.3, -0.25) is 14.9 Å². The van der Waals surface area contributed by atoms with Crippen molar-refractivity contribution in [2.75, 3.05) is 11.9 Å². The molecular weight excluding hydrogens is 412 g/mol. The number of amides is 1. The smallest absolute Gasteiger partial charge is 0.269 e. The lowest BCUT2D eigenvalue weighted by atomic mass is 10.2. The van der Waals surface area contributed by atoms with Crippen LogP contribution in [0.5, 0.6) is 5.75 Å². The largest absolute Gasteiger partial charge is 0.484 e. The van der Waals surface area contributed by atoms with Crippen LogP contribution in [0.15, 0.2) is 77.3 Å². The van der Waals surface area contributed by atoms with E-state index >= 15 is 0 Å². The fourth-order valence-electron chi connectivity index (χ4n) is 2.89. The number of hydrogen-bond donors (Lipinski definition) is 1. The molecule has 0 spiro atoms. The first kappa shape index (κ1) is 20.7. The number of hydrogen-bond acceptors (Lipinski definition) is 7. The second-order valence-corrected chi connectivity index (χ2v) is 6.96. The molecule has 0 atom stereocenters. The van der Waals surface area contributed by atoms with Gasteiger partial charge in [0.15, 0.2) is 6.61 Å².